The number of nitrogens with zero attached hydrogens (tertiary/aromatic N) is 2. The van der Waals surface area contributed by atoms with Crippen molar-refractivity contribution in [3.05, 3.63) is 46.7 Å². The Hall–Kier alpha value is -2.28. The second-order valence-electron chi connectivity index (χ2n) is 3.91. The van der Waals surface area contributed by atoms with Gasteiger partial charge in [0.2, 0.25) is 0 Å². The molecule has 0 aromatic carbocycles. The van der Waals surface area contributed by atoms with Crippen LogP contribution in [-0.4, -0.2) is 29.0 Å². The number of thiophene rings is 1. The van der Waals surface area contributed by atoms with Gasteiger partial charge in [-0.1, -0.05) is 6.07 Å². The fourth-order valence-corrected chi connectivity index (χ4v) is 2.39. The number of methoxy groups -OCH3 is 1. The zero-order valence-electron chi connectivity index (χ0n) is 10.8. The summed E-state index contributed by atoms with van der Waals surface area (Å²) in [5.41, 5.74) is 0.207. The minimum atomic E-state index is -0.433. The zero-order chi connectivity index (χ0) is 14.4. The van der Waals surface area contributed by atoms with E-state index in [1.807, 2.05) is 17.5 Å². The Morgan fingerprint density at radius 2 is 2.30 bits per heavy atom. The van der Waals surface area contributed by atoms with Gasteiger partial charge in [0, 0.05) is 17.3 Å². The number of rotatable bonds is 5. The fourth-order valence-electron chi connectivity index (χ4n) is 1.61. The van der Waals surface area contributed by atoms with E-state index in [-0.39, 0.29) is 24.0 Å². The fraction of sp³-hybridized carbons (Fsp3) is 0.231. The van der Waals surface area contributed by atoms with Crippen LogP contribution >= 0.6 is 11.3 Å². The molecular weight excluding hydrogens is 278 g/mol. The molecule has 0 aliphatic rings. The van der Waals surface area contributed by atoms with Crippen molar-refractivity contribution in [3.8, 4) is 0 Å². The molecular formula is C13H13N3O3S. The van der Waals surface area contributed by atoms with Crippen LogP contribution in [0.4, 0.5) is 0 Å². The van der Waals surface area contributed by atoms with Crippen LogP contribution in [-0.2, 0) is 9.53 Å². The third kappa shape index (κ3) is 3.61. The molecule has 0 aliphatic carbocycles. The summed E-state index contributed by atoms with van der Waals surface area (Å²) in [6, 6.07) is 3.28. The molecule has 2 rings (SSSR count). The largest absolute Gasteiger partial charge is 0.469 e. The van der Waals surface area contributed by atoms with Crippen LogP contribution in [0.2, 0.25) is 0 Å². The first-order valence-corrected chi connectivity index (χ1v) is 6.75. The quantitative estimate of drug-likeness (QED) is 0.846. The summed E-state index contributed by atoms with van der Waals surface area (Å²) in [6.07, 6.45) is 4.37. The van der Waals surface area contributed by atoms with Crippen LogP contribution in [0.25, 0.3) is 0 Å². The number of ether oxygens (including phenoxy) is 1. The summed E-state index contributed by atoms with van der Waals surface area (Å²) >= 11 is 1.46. The van der Waals surface area contributed by atoms with Gasteiger partial charge >= 0.3 is 5.97 Å². The van der Waals surface area contributed by atoms with Crippen LogP contribution in [0.1, 0.15) is 27.8 Å². The molecule has 104 valence electrons. The Morgan fingerprint density at radius 1 is 1.45 bits per heavy atom. The van der Waals surface area contributed by atoms with E-state index in [2.05, 4.69) is 20.0 Å². The van der Waals surface area contributed by atoms with Gasteiger partial charge < -0.3 is 10.1 Å². The molecule has 0 unspecified atom stereocenters. The van der Waals surface area contributed by atoms with Gasteiger partial charge in [0.15, 0.2) is 0 Å². The van der Waals surface area contributed by atoms with E-state index >= 15 is 0 Å². The van der Waals surface area contributed by atoms with Crippen molar-refractivity contribution in [2.45, 2.75) is 12.5 Å². The van der Waals surface area contributed by atoms with Crippen LogP contribution in [0.3, 0.4) is 0 Å². The van der Waals surface area contributed by atoms with Crippen molar-refractivity contribution in [2.75, 3.05) is 7.11 Å². The molecule has 1 N–H and O–H groups in total. The van der Waals surface area contributed by atoms with Crippen LogP contribution < -0.4 is 5.32 Å². The highest BCUT2D eigenvalue weighted by molar-refractivity contribution is 7.10. The molecule has 0 radical (unpaired) electrons. The van der Waals surface area contributed by atoms with Crippen LogP contribution in [0.5, 0.6) is 0 Å². The molecule has 0 bridgehead atoms. The minimum absolute atomic E-state index is 0.0724. The highest BCUT2D eigenvalue weighted by Crippen LogP contribution is 2.22. The van der Waals surface area contributed by atoms with Crippen molar-refractivity contribution in [2.24, 2.45) is 0 Å². The molecule has 2 heterocycles. The summed E-state index contributed by atoms with van der Waals surface area (Å²) in [4.78, 5) is 32.1. The van der Waals surface area contributed by atoms with Gasteiger partial charge in [-0.25, -0.2) is 4.98 Å². The molecule has 0 aliphatic heterocycles. The molecule has 1 atom stereocenters. The van der Waals surface area contributed by atoms with Crippen molar-refractivity contribution >= 4 is 23.2 Å². The number of carbonyl (C=O) groups is 2. The summed E-state index contributed by atoms with van der Waals surface area (Å²) < 4.78 is 4.65. The number of nitrogens with one attached hydrogen (secondary N) is 1. The van der Waals surface area contributed by atoms with Gasteiger partial charge in [0.25, 0.3) is 5.91 Å². The lowest BCUT2D eigenvalue weighted by atomic mass is 10.1. The third-order valence-electron chi connectivity index (χ3n) is 2.59. The Morgan fingerprint density at radius 3 is 2.90 bits per heavy atom. The molecule has 0 fully saturated rings. The maximum absolute atomic E-state index is 12.1. The monoisotopic (exact) mass is 291 g/mol. The number of esters is 1. The van der Waals surface area contributed by atoms with Crippen LogP contribution in [0, 0.1) is 0 Å². The van der Waals surface area contributed by atoms with Gasteiger partial charge in [-0.2, -0.15) is 0 Å². The van der Waals surface area contributed by atoms with Crippen molar-refractivity contribution in [1.82, 2.24) is 15.3 Å². The highest BCUT2D eigenvalue weighted by atomic mass is 32.1. The molecule has 7 heteroatoms. The standard InChI is InChI=1S/C13H13N3O3S/c1-19-12(17)7-9(11-3-2-6-20-11)16-13(18)10-8-14-4-5-15-10/h2-6,8-9H,7H2,1H3,(H,16,18)/t9-/m0/s1. The maximum Gasteiger partial charge on any atom is 0.307 e. The normalized spacial score (nSPS) is 11.7. The summed E-state index contributed by atoms with van der Waals surface area (Å²) in [6.45, 7) is 0. The Balaban J connectivity index is 2.12. The first-order valence-electron chi connectivity index (χ1n) is 5.88. The number of aromatic nitrogens is 2. The topological polar surface area (TPSA) is 81.2 Å². The SMILES string of the molecule is COC(=O)C[C@H](NC(=O)c1cnccn1)c1cccs1. The first-order chi connectivity index (χ1) is 9.70. The second-order valence-corrected chi connectivity index (χ2v) is 4.89. The lowest BCUT2D eigenvalue weighted by molar-refractivity contribution is -0.141. The summed E-state index contributed by atoms with van der Waals surface area (Å²) in [5, 5.41) is 4.65. The molecule has 0 saturated heterocycles. The van der Waals surface area contributed by atoms with E-state index in [1.54, 1.807) is 0 Å². The van der Waals surface area contributed by atoms with Gasteiger partial charge in [-0.05, 0) is 11.4 Å². The smallest absolute Gasteiger partial charge is 0.307 e. The van der Waals surface area contributed by atoms with Gasteiger partial charge in [0.1, 0.15) is 5.69 Å². The van der Waals surface area contributed by atoms with E-state index in [9.17, 15) is 9.59 Å². The molecule has 6 nitrogen and oxygen atoms in total. The average Bonchev–Trinajstić information content (AvgIpc) is 3.01. The van der Waals surface area contributed by atoms with E-state index in [4.69, 9.17) is 0 Å². The number of hydrogen-bond donors (Lipinski definition) is 1. The molecule has 0 saturated carbocycles. The number of hydrogen-bond acceptors (Lipinski definition) is 6. The van der Waals surface area contributed by atoms with Gasteiger partial charge in [-0.15, -0.1) is 11.3 Å². The Bertz CT molecular complexity index is 572. The van der Waals surface area contributed by atoms with Crippen molar-refractivity contribution in [3.63, 3.8) is 0 Å². The Labute approximate surface area is 119 Å². The maximum atomic E-state index is 12.1. The second kappa shape index (κ2) is 6.76. The molecule has 2 aromatic rings. The van der Waals surface area contributed by atoms with Crippen LogP contribution in [0.15, 0.2) is 36.1 Å². The molecule has 0 spiro atoms. The molecule has 1 amide bonds. The van der Waals surface area contributed by atoms with Crippen molar-refractivity contribution < 1.29 is 14.3 Å². The van der Waals surface area contributed by atoms with E-state index < -0.39 is 6.04 Å². The highest BCUT2D eigenvalue weighted by Gasteiger charge is 2.21. The minimum Gasteiger partial charge on any atom is -0.469 e. The first kappa shape index (κ1) is 14.1. The number of carbonyl (C=O) groups excluding carboxylic acids is 2. The van der Waals surface area contributed by atoms with Crippen molar-refractivity contribution in [1.29, 1.82) is 0 Å². The van der Waals surface area contributed by atoms with E-state index in [0.717, 1.165) is 4.88 Å². The average molecular weight is 291 g/mol. The zero-order valence-corrected chi connectivity index (χ0v) is 11.6. The predicted molar refractivity (Wildman–Crippen MR) is 73.2 cm³/mol. The van der Waals surface area contributed by atoms with E-state index in [0.29, 0.717) is 0 Å². The summed E-state index contributed by atoms with van der Waals surface area (Å²) in [7, 11) is 1.32. The lowest BCUT2D eigenvalue weighted by Gasteiger charge is -2.15. The lowest BCUT2D eigenvalue weighted by Crippen LogP contribution is -2.30. The third-order valence-corrected chi connectivity index (χ3v) is 3.57. The summed E-state index contributed by atoms with van der Waals surface area (Å²) in [5.74, 6) is -0.761. The predicted octanol–water partition coefficient (Wildman–Crippen LogP) is 1.57. The molecule has 2 aromatic heterocycles. The Kier molecular flexibility index (Phi) is 4.78. The van der Waals surface area contributed by atoms with Gasteiger partial charge in [-0.3, -0.25) is 14.6 Å². The molecule has 20 heavy (non-hydrogen) atoms. The van der Waals surface area contributed by atoms with E-state index in [1.165, 1.54) is 37.0 Å². The van der Waals surface area contributed by atoms with Gasteiger partial charge in [0.05, 0.1) is 25.8 Å². The number of amides is 1.